The van der Waals surface area contributed by atoms with E-state index in [1.165, 1.54) is 0 Å². The fourth-order valence-electron chi connectivity index (χ4n) is 0.668. The third-order valence-corrected chi connectivity index (χ3v) is 2.10. The maximum Gasteiger partial charge on any atom is 0.381 e. The van der Waals surface area contributed by atoms with E-state index in [2.05, 4.69) is 13.2 Å². The van der Waals surface area contributed by atoms with Gasteiger partial charge in [-0.05, 0) is 12.2 Å². The summed E-state index contributed by atoms with van der Waals surface area (Å²) in [6, 6.07) is 0. The van der Waals surface area contributed by atoms with Crippen molar-refractivity contribution in [3.63, 3.8) is 0 Å². The molecule has 0 aliphatic heterocycles. The molecule has 0 N–H and O–H groups in total. The first-order chi connectivity index (χ1) is 10.4. The van der Waals surface area contributed by atoms with E-state index < -0.39 is 49.3 Å². The Morgan fingerprint density at radius 1 is 0.708 bits per heavy atom. The highest BCUT2D eigenvalue weighted by Crippen LogP contribution is 2.52. The molecule has 0 saturated carbocycles. The van der Waals surface area contributed by atoms with E-state index >= 15 is 0 Å². The average Bonchev–Trinajstić information content (AvgIpc) is 2.48. The second-order valence-electron chi connectivity index (χ2n) is 3.96. The van der Waals surface area contributed by atoms with Crippen molar-refractivity contribution in [2.24, 2.45) is 0 Å². The molecular formula is C12H14F12. The number of hydrogen-bond acceptors (Lipinski definition) is 0. The Hall–Kier alpha value is -1.36. The van der Waals surface area contributed by atoms with E-state index in [1.54, 1.807) is 0 Å². The van der Waals surface area contributed by atoms with E-state index in [9.17, 15) is 52.7 Å². The van der Waals surface area contributed by atoms with Crippen molar-refractivity contribution < 1.29 is 52.7 Å². The predicted molar refractivity (Wildman–Crippen MR) is 63.8 cm³/mol. The quantitative estimate of drug-likeness (QED) is 0.383. The highest BCUT2D eigenvalue weighted by atomic mass is 19.4. The van der Waals surface area contributed by atoms with Crippen LogP contribution in [0.4, 0.5) is 52.7 Å². The first-order valence-corrected chi connectivity index (χ1v) is 5.53. The number of alkyl halides is 12. The molecule has 0 nitrogen and oxygen atoms in total. The Morgan fingerprint density at radius 2 is 1.04 bits per heavy atom. The third-order valence-electron chi connectivity index (χ3n) is 2.10. The van der Waals surface area contributed by atoms with Crippen molar-refractivity contribution in [3.05, 3.63) is 25.3 Å². The van der Waals surface area contributed by atoms with Crippen molar-refractivity contribution in [1.29, 1.82) is 0 Å². The molecule has 0 unspecified atom stereocenters. The van der Waals surface area contributed by atoms with Gasteiger partial charge in [-0.15, -0.1) is 0 Å². The lowest BCUT2D eigenvalue weighted by atomic mass is 10.00. The highest BCUT2D eigenvalue weighted by molar-refractivity contribution is 5.08. The topological polar surface area (TPSA) is 0 Å². The Morgan fingerprint density at radius 3 is 1.17 bits per heavy atom. The third kappa shape index (κ3) is 6.63. The maximum absolute atomic E-state index is 12.4. The van der Waals surface area contributed by atoms with Crippen LogP contribution in [0.25, 0.3) is 0 Å². The molecule has 0 heterocycles. The molecule has 0 spiro atoms. The Bertz CT molecular complexity index is 380. The maximum atomic E-state index is 12.4. The van der Waals surface area contributed by atoms with Gasteiger partial charge in [0.25, 0.3) is 5.92 Å². The van der Waals surface area contributed by atoms with Gasteiger partial charge in [0.1, 0.15) is 0 Å². The van der Waals surface area contributed by atoms with Gasteiger partial charge in [0.15, 0.2) is 6.67 Å². The second-order valence-corrected chi connectivity index (χ2v) is 3.96. The summed E-state index contributed by atoms with van der Waals surface area (Å²) in [7, 11) is 0.500. The summed E-state index contributed by atoms with van der Waals surface area (Å²) < 4.78 is 141. The van der Waals surface area contributed by atoms with Gasteiger partial charge in [0, 0.05) is 6.92 Å². The molecule has 0 bridgehead atoms. The van der Waals surface area contributed by atoms with Crippen LogP contribution < -0.4 is 0 Å². The fourth-order valence-corrected chi connectivity index (χ4v) is 0.668. The van der Waals surface area contributed by atoms with Crippen molar-refractivity contribution in [2.45, 2.75) is 36.5 Å². The summed E-state index contributed by atoms with van der Waals surface area (Å²) >= 11 is 0. The molecule has 0 aromatic carbocycles. The normalized spacial score (nSPS) is 13.1. The van der Waals surface area contributed by atoms with E-state index in [0.717, 1.165) is 0 Å². The van der Waals surface area contributed by atoms with Gasteiger partial charge >= 0.3 is 23.7 Å². The first kappa shape index (κ1) is 27.5. The van der Waals surface area contributed by atoms with Crippen molar-refractivity contribution in [3.8, 4) is 0 Å². The van der Waals surface area contributed by atoms with Crippen LogP contribution in [-0.2, 0) is 0 Å². The molecule has 0 aromatic heterocycles. The summed E-state index contributed by atoms with van der Waals surface area (Å²) in [5.74, 6) is -26.4. The lowest BCUT2D eigenvalue weighted by Gasteiger charge is -2.34. The number of allylic oxidation sites excluding steroid dienone is 2. The zero-order chi connectivity index (χ0) is 20.6. The van der Waals surface area contributed by atoms with Crippen molar-refractivity contribution in [1.82, 2.24) is 0 Å². The smallest absolute Gasteiger partial charge is 0.255 e. The molecule has 0 aliphatic carbocycles. The lowest BCUT2D eigenvalue weighted by molar-refractivity contribution is -0.351. The summed E-state index contributed by atoms with van der Waals surface area (Å²) in [6.07, 6.45) is -0.514. The molecule has 12 heteroatoms. The predicted octanol–water partition coefficient (Wildman–Crippen LogP) is 6.10. The minimum Gasteiger partial charge on any atom is -0.255 e. The molecule has 24 heavy (non-hydrogen) atoms. The van der Waals surface area contributed by atoms with Crippen LogP contribution in [0.3, 0.4) is 0 Å². The molecule has 0 atom stereocenters. The lowest BCUT2D eigenvalue weighted by Crippen LogP contribution is -2.60. The number of halogens is 12. The van der Waals surface area contributed by atoms with Gasteiger partial charge in [-0.1, -0.05) is 13.2 Å². The highest BCUT2D eigenvalue weighted by Gasteiger charge is 2.78. The van der Waals surface area contributed by atoms with Crippen molar-refractivity contribution in [2.75, 3.05) is 13.9 Å². The van der Waals surface area contributed by atoms with Gasteiger partial charge < -0.3 is 0 Å². The second kappa shape index (κ2) is 9.21. The van der Waals surface area contributed by atoms with E-state index in [4.69, 9.17) is 0 Å². The van der Waals surface area contributed by atoms with Gasteiger partial charge in [-0.3, -0.25) is 4.39 Å². The van der Waals surface area contributed by atoms with Crippen LogP contribution in [-0.4, -0.2) is 43.5 Å². The van der Waals surface area contributed by atoms with Gasteiger partial charge in [0.2, 0.25) is 0 Å². The molecule has 0 radical (unpaired) electrons. The Kier molecular flexibility index (Phi) is 10.5. The molecule has 0 aliphatic rings. The van der Waals surface area contributed by atoms with Crippen LogP contribution in [0, 0.1) is 0 Å². The van der Waals surface area contributed by atoms with E-state index in [-0.39, 0.29) is 6.08 Å². The van der Waals surface area contributed by atoms with Gasteiger partial charge in [0.05, 0.1) is 7.18 Å². The standard InChI is InChI=1S/C7H6F8.C4H5F3.CH3F/c1-3-5(10,11)7(14,15)6(12,13)4(2,8)9;1-2-4(6,7)3-5;1-2/h3H,1H2,2H3;2H,1,3H2;1H3. The molecule has 0 fully saturated rings. The Labute approximate surface area is 129 Å². The molecular weight excluding hydrogens is 372 g/mol. The van der Waals surface area contributed by atoms with E-state index in [1.807, 2.05) is 0 Å². The van der Waals surface area contributed by atoms with Crippen LogP contribution in [0.2, 0.25) is 0 Å². The SMILES string of the molecule is C=CC(F)(F)C(F)(F)C(F)(F)C(C)(F)F.C=CC(F)(F)CF.CF. The van der Waals surface area contributed by atoms with Crippen LogP contribution in [0.5, 0.6) is 0 Å². The van der Waals surface area contributed by atoms with Crippen LogP contribution >= 0.6 is 0 Å². The van der Waals surface area contributed by atoms with E-state index in [0.29, 0.717) is 7.18 Å². The molecule has 0 rings (SSSR count). The van der Waals surface area contributed by atoms with Gasteiger partial charge in [-0.25, -0.2) is 4.39 Å². The largest absolute Gasteiger partial charge is 0.381 e. The number of rotatable bonds is 6. The average molecular weight is 386 g/mol. The minimum absolute atomic E-state index is 0.285. The molecule has 0 aromatic rings. The molecule has 0 saturated heterocycles. The zero-order valence-electron chi connectivity index (χ0n) is 12.3. The monoisotopic (exact) mass is 386 g/mol. The van der Waals surface area contributed by atoms with Crippen LogP contribution in [0.1, 0.15) is 6.92 Å². The molecule has 146 valence electrons. The van der Waals surface area contributed by atoms with Crippen molar-refractivity contribution >= 4 is 0 Å². The Balaban J connectivity index is -0.000000410. The van der Waals surface area contributed by atoms with Gasteiger partial charge in [-0.2, -0.15) is 43.9 Å². The summed E-state index contributed by atoms with van der Waals surface area (Å²) in [5.41, 5.74) is 0. The number of hydrogen-bond donors (Lipinski definition) is 0. The minimum atomic E-state index is -6.21. The summed E-state index contributed by atoms with van der Waals surface area (Å²) in [4.78, 5) is 0. The molecule has 0 amide bonds. The zero-order valence-corrected chi connectivity index (χ0v) is 12.3. The summed E-state index contributed by atoms with van der Waals surface area (Å²) in [5, 5.41) is 0. The summed E-state index contributed by atoms with van der Waals surface area (Å²) in [6.45, 7) is 2.67. The first-order valence-electron chi connectivity index (χ1n) is 5.53. The van der Waals surface area contributed by atoms with Crippen LogP contribution in [0.15, 0.2) is 25.3 Å². The fraction of sp³-hybridized carbons (Fsp3) is 0.667.